The SMILES string of the molecule is O=C(O)C[C@@H]1CN(C(=O)Cn2ccc3ccc(Cl)cc32)CCO1. The lowest BCUT2D eigenvalue weighted by molar-refractivity contribution is -0.147. The van der Waals surface area contributed by atoms with Crippen molar-refractivity contribution in [2.75, 3.05) is 19.7 Å². The Hall–Kier alpha value is -2.05. The molecule has 0 radical (unpaired) electrons. The van der Waals surface area contributed by atoms with Crippen molar-refractivity contribution in [2.45, 2.75) is 19.1 Å². The molecule has 23 heavy (non-hydrogen) atoms. The Morgan fingerprint density at radius 2 is 2.17 bits per heavy atom. The number of nitrogens with zero attached hydrogens (tertiary/aromatic N) is 2. The fourth-order valence-electron chi connectivity index (χ4n) is 2.80. The van der Waals surface area contributed by atoms with Crippen LogP contribution in [-0.4, -0.2) is 52.3 Å². The van der Waals surface area contributed by atoms with Gasteiger partial charge in [0.1, 0.15) is 6.54 Å². The van der Waals surface area contributed by atoms with E-state index in [0.717, 1.165) is 10.9 Å². The van der Waals surface area contributed by atoms with Crippen LogP contribution in [0.2, 0.25) is 5.02 Å². The average molecular weight is 337 g/mol. The van der Waals surface area contributed by atoms with Crippen LogP contribution in [0, 0.1) is 0 Å². The van der Waals surface area contributed by atoms with Gasteiger partial charge in [-0.15, -0.1) is 0 Å². The Bertz CT molecular complexity index is 743. The maximum atomic E-state index is 12.5. The highest BCUT2D eigenvalue weighted by atomic mass is 35.5. The quantitative estimate of drug-likeness (QED) is 0.927. The summed E-state index contributed by atoms with van der Waals surface area (Å²) in [6.45, 7) is 1.35. The third kappa shape index (κ3) is 3.65. The molecule has 0 bridgehead atoms. The Morgan fingerprint density at radius 1 is 1.35 bits per heavy atom. The Morgan fingerprint density at radius 3 is 2.96 bits per heavy atom. The first kappa shape index (κ1) is 15.8. The van der Waals surface area contributed by atoms with E-state index in [0.29, 0.717) is 24.7 Å². The number of rotatable bonds is 4. The summed E-state index contributed by atoms with van der Waals surface area (Å²) in [7, 11) is 0. The maximum Gasteiger partial charge on any atom is 0.306 e. The molecule has 122 valence electrons. The molecular weight excluding hydrogens is 320 g/mol. The van der Waals surface area contributed by atoms with Crippen LogP contribution in [0.5, 0.6) is 0 Å². The van der Waals surface area contributed by atoms with Gasteiger partial charge in [-0.25, -0.2) is 0 Å². The second-order valence-corrected chi connectivity index (χ2v) is 6.01. The second-order valence-electron chi connectivity index (χ2n) is 5.58. The summed E-state index contributed by atoms with van der Waals surface area (Å²) in [4.78, 5) is 24.9. The summed E-state index contributed by atoms with van der Waals surface area (Å²) >= 11 is 6.02. The lowest BCUT2D eigenvalue weighted by atomic mass is 10.2. The number of hydrogen-bond donors (Lipinski definition) is 1. The minimum atomic E-state index is -0.921. The highest BCUT2D eigenvalue weighted by molar-refractivity contribution is 6.31. The van der Waals surface area contributed by atoms with Crippen LogP contribution < -0.4 is 0 Å². The van der Waals surface area contributed by atoms with E-state index in [1.165, 1.54) is 0 Å². The second kappa shape index (κ2) is 6.60. The zero-order valence-electron chi connectivity index (χ0n) is 12.4. The van der Waals surface area contributed by atoms with Gasteiger partial charge in [-0.05, 0) is 23.6 Å². The molecule has 0 saturated carbocycles. The highest BCUT2D eigenvalue weighted by Gasteiger charge is 2.26. The van der Waals surface area contributed by atoms with Gasteiger partial charge >= 0.3 is 5.97 Å². The monoisotopic (exact) mass is 336 g/mol. The molecule has 1 fully saturated rings. The van der Waals surface area contributed by atoms with E-state index in [4.69, 9.17) is 21.4 Å². The molecule has 1 saturated heterocycles. The van der Waals surface area contributed by atoms with Crippen molar-refractivity contribution < 1.29 is 19.4 Å². The lowest BCUT2D eigenvalue weighted by Crippen LogP contribution is -2.47. The predicted octanol–water partition coefficient (Wildman–Crippen LogP) is 2.00. The maximum absolute atomic E-state index is 12.5. The standard InChI is InChI=1S/C16H17ClN2O4/c17-12-2-1-11-3-4-18(14(11)7-12)10-15(20)19-5-6-23-13(9-19)8-16(21)22/h1-4,7,13H,5-6,8-10H2,(H,21,22)/t13-/m1/s1. The Labute approximate surface area is 138 Å². The molecule has 2 heterocycles. The van der Waals surface area contributed by atoms with Crippen molar-refractivity contribution in [1.29, 1.82) is 0 Å². The summed E-state index contributed by atoms with van der Waals surface area (Å²) in [6.07, 6.45) is 1.32. The first-order chi connectivity index (χ1) is 11.0. The first-order valence-corrected chi connectivity index (χ1v) is 7.76. The van der Waals surface area contributed by atoms with Gasteiger partial charge in [0.15, 0.2) is 0 Å². The molecule has 0 spiro atoms. The number of benzene rings is 1. The summed E-state index contributed by atoms with van der Waals surface area (Å²) in [6, 6.07) is 7.49. The van der Waals surface area contributed by atoms with Crippen molar-refractivity contribution in [2.24, 2.45) is 0 Å². The number of carbonyl (C=O) groups is 2. The fourth-order valence-corrected chi connectivity index (χ4v) is 2.97. The van der Waals surface area contributed by atoms with Crippen LogP contribution >= 0.6 is 11.6 Å². The molecule has 1 aliphatic heterocycles. The molecule has 1 atom stereocenters. The Kier molecular flexibility index (Phi) is 4.54. The first-order valence-electron chi connectivity index (χ1n) is 7.38. The van der Waals surface area contributed by atoms with Crippen LogP contribution in [-0.2, 0) is 20.9 Å². The molecule has 1 aromatic carbocycles. The molecule has 3 rings (SSSR count). The van der Waals surface area contributed by atoms with Crippen LogP contribution in [0.1, 0.15) is 6.42 Å². The van der Waals surface area contributed by atoms with Crippen LogP contribution in [0.3, 0.4) is 0 Å². The van der Waals surface area contributed by atoms with E-state index in [9.17, 15) is 9.59 Å². The van der Waals surface area contributed by atoms with Crippen molar-refractivity contribution in [3.63, 3.8) is 0 Å². The summed E-state index contributed by atoms with van der Waals surface area (Å²) in [5.41, 5.74) is 0.904. The topological polar surface area (TPSA) is 71.8 Å². The molecule has 0 unspecified atom stereocenters. The molecule has 1 N–H and O–H groups in total. The van der Waals surface area contributed by atoms with Gasteiger partial charge in [0.05, 0.1) is 19.1 Å². The summed E-state index contributed by atoms with van der Waals surface area (Å²) in [5.74, 6) is -0.975. The predicted molar refractivity (Wildman–Crippen MR) is 85.5 cm³/mol. The third-order valence-corrected chi connectivity index (χ3v) is 4.17. The molecule has 0 aliphatic carbocycles. The van der Waals surface area contributed by atoms with Crippen LogP contribution in [0.4, 0.5) is 0 Å². The number of halogens is 1. The van der Waals surface area contributed by atoms with Crippen LogP contribution in [0.15, 0.2) is 30.5 Å². The van der Waals surface area contributed by atoms with E-state index in [1.54, 1.807) is 4.90 Å². The molecule has 1 aliphatic rings. The van der Waals surface area contributed by atoms with Crippen molar-refractivity contribution in [1.82, 2.24) is 9.47 Å². The molecular formula is C16H17ClN2O4. The zero-order chi connectivity index (χ0) is 16.4. The van der Waals surface area contributed by atoms with E-state index in [-0.39, 0.29) is 18.9 Å². The molecule has 1 aromatic heterocycles. The fraction of sp³-hybridized carbons (Fsp3) is 0.375. The molecule has 1 amide bonds. The number of carboxylic acid groups (broad SMARTS) is 1. The van der Waals surface area contributed by atoms with Gasteiger partial charge in [-0.2, -0.15) is 0 Å². The number of aliphatic carboxylic acids is 1. The molecule has 6 nitrogen and oxygen atoms in total. The van der Waals surface area contributed by atoms with Crippen molar-refractivity contribution in [3.05, 3.63) is 35.5 Å². The number of amides is 1. The van der Waals surface area contributed by atoms with Gasteiger partial charge in [0.25, 0.3) is 0 Å². The van der Waals surface area contributed by atoms with E-state index >= 15 is 0 Å². The number of carboxylic acids is 1. The van der Waals surface area contributed by atoms with E-state index < -0.39 is 12.1 Å². The van der Waals surface area contributed by atoms with Gasteiger partial charge in [-0.3, -0.25) is 9.59 Å². The van der Waals surface area contributed by atoms with Gasteiger partial charge in [0.2, 0.25) is 5.91 Å². The summed E-state index contributed by atoms with van der Waals surface area (Å²) < 4.78 is 7.24. The summed E-state index contributed by atoms with van der Waals surface area (Å²) in [5, 5.41) is 10.5. The van der Waals surface area contributed by atoms with Gasteiger partial charge < -0.3 is 19.3 Å². The number of fused-ring (bicyclic) bond motifs is 1. The zero-order valence-corrected chi connectivity index (χ0v) is 13.2. The molecule has 2 aromatic rings. The smallest absolute Gasteiger partial charge is 0.306 e. The lowest BCUT2D eigenvalue weighted by Gasteiger charge is -2.32. The van der Waals surface area contributed by atoms with E-state index in [1.807, 2.05) is 35.0 Å². The van der Waals surface area contributed by atoms with Crippen LogP contribution in [0.25, 0.3) is 10.9 Å². The van der Waals surface area contributed by atoms with Crippen molar-refractivity contribution >= 4 is 34.4 Å². The van der Waals surface area contributed by atoms with E-state index in [2.05, 4.69) is 0 Å². The third-order valence-electron chi connectivity index (χ3n) is 3.94. The number of carbonyl (C=O) groups excluding carboxylic acids is 1. The van der Waals surface area contributed by atoms with Gasteiger partial charge in [0, 0.05) is 29.8 Å². The number of aromatic nitrogens is 1. The average Bonchev–Trinajstić information content (AvgIpc) is 2.89. The minimum Gasteiger partial charge on any atom is -0.481 e. The number of hydrogen-bond acceptors (Lipinski definition) is 3. The number of morpholine rings is 1. The van der Waals surface area contributed by atoms with Gasteiger partial charge in [-0.1, -0.05) is 17.7 Å². The normalized spacial score (nSPS) is 18.3. The largest absolute Gasteiger partial charge is 0.481 e. The highest BCUT2D eigenvalue weighted by Crippen LogP contribution is 2.21. The number of ether oxygens (including phenoxy) is 1. The minimum absolute atomic E-state index is 0.0545. The van der Waals surface area contributed by atoms with Crippen molar-refractivity contribution in [3.8, 4) is 0 Å². The Balaban J connectivity index is 1.70. The molecule has 7 heteroatoms.